The molecule has 154 valence electrons. The van der Waals surface area contributed by atoms with E-state index in [0.29, 0.717) is 36.0 Å². The van der Waals surface area contributed by atoms with Crippen molar-refractivity contribution in [2.24, 2.45) is 0 Å². The van der Waals surface area contributed by atoms with E-state index in [1.54, 1.807) is 25.8 Å². The summed E-state index contributed by atoms with van der Waals surface area (Å²) in [6.45, 7) is 3.57. The van der Waals surface area contributed by atoms with Gasteiger partial charge in [0.15, 0.2) is 23.2 Å². The standard InChI is InChI=1S/C19H20F3N5O2/c1-8-16-17(27(3)9(2)18(28)25-16)26-19(23-8)24-10-6-11(7-10)29-13-5-4-12(20)14(21)15(13)22/h4-5,9-11H,6-7H2,1-3H3,(H,25,28)(H,23,24,26)/t9-,10?,11?/m0/s1. The third-order valence-corrected chi connectivity index (χ3v) is 5.33. The molecule has 0 saturated heterocycles. The average molecular weight is 407 g/mol. The predicted molar refractivity (Wildman–Crippen MR) is 101 cm³/mol. The maximum atomic E-state index is 13.7. The van der Waals surface area contributed by atoms with Crippen LogP contribution in [0.5, 0.6) is 5.75 Å². The molecule has 2 aliphatic rings. The zero-order valence-electron chi connectivity index (χ0n) is 16.1. The summed E-state index contributed by atoms with van der Waals surface area (Å²) in [7, 11) is 1.79. The fourth-order valence-corrected chi connectivity index (χ4v) is 3.35. The van der Waals surface area contributed by atoms with Gasteiger partial charge in [0.05, 0.1) is 5.69 Å². The van der Waals surface area contributed by atoms with Gasteiger partial charge in [-0.2, -0.15) is 9.37 Å². The minimum absolute atomic E-state index is 0.00767. The second-order valence-electron chi connectivity index (χ2n) is 7.33. The number of aryl methyl sites for hydroxylation is 1. The molecule has 1 fully saturated rings. The molecular weight excluding hydrogens is 387 g/mol. The highest BCUT2D eigenvalue weighted by Crippen LogP contribution is 2.34. The van der Waals surface area contributed by atoms with Crippen LogP contribution in [0, 0.1) is 24.4 Å². The molecule has 10 heteroatoms. The second-order valence-corrected chi connectivity index (χ2v) is 7.33. The van der Waals surface area contributed by atoms with Crippen molar-refractivity contribution in [2.45, 2.75) is 44.9 Å². The van der Waals surface area contributed by atoms with Gasteiger partial charge in [-0.05, 0) is 26.0 Å². The number of aromatic nitrogens is 2. The largest absolute Gasteiger partial charge is 0.487 e. The Morgan fingerprint density at radius 1 is 1.21 bits per heavy atom. The lowest BCUT2D eigenvalue weighted by Gasteiger charge is -2.37. The Labute approximate surface area is 165 Å². The van der Waals surface area contributed by atoms with Crippen molar-refractivity contribution in [1.82, 2.24) is 9.97 Å². The van der Waals surface area contributed by atoms with Crippen LogP contribution in [0.25, 0.3) is 0 Å². The van der Waals surface area contributed by atoms with E-state index in [1.807, 2.05) is 0 Å². The number of amides is 1. The van der Waals surface area contributed by atoms with Gasteiger partial charge in [-0.15, -0.1) is 0 Å². The van der Waals surface area contributed by atoms with E-state index >= 15 is 0 Å². The minimum atomic E-state index is -1.54. The first-order valence-corrected chi connectivity index (χ1v) is 9.23. The normalized spacial score (nSPS) is 23.2. The van der Waals surface area contributed by atoms with Crippen LogP contribution in [0.15, 0.2) is 12.1 Å². The van der Waals surface area contributed by atoms with Gasteiger partial charge in [-0.1, -0.05) is 0 Å². The number of rotatable bonds is 4. The van der Waals surface area contributed by atoms with Crippen molar-refractivity contribution in [3.63, 3.8) is 0 Å². The summed E-state index contributed by atoms with van der Waals surface area (Å²) in [5, 5.41) is 6.02. The number of likely N-dealkylation sites (N-methyl/N-ethyl adjacent to an activating group) is 1. The predicted octanol–water partition coefficient (Wildman–Crippen LogP) is 3.00. The van der Waals surface area contributed by atoms with Crippen LogP contribution in [-0.4, -0.2) is 41.1 Å². The molecule has 1 saturated carbocycles. The Bertz CT molecular complexity index is 981. The zero-order valence-corrected chi connectivity index (χ0v) is 16.1. The van der Waals surface area contributed by atoms with Crippen molar-refractivity contribution < 1.29 is 22.7 Å². The molecule has 1 aliphatic carbocycles. The van der Waals surface area contributed by atoms with Crippen molar-refractivity contribution in [3.8, 4) is 5.75 Å². The van der Waals surface area contributed by atoms with E-state index in [0.717, 1.165) is 12.1 Å². The monoisotopic (exact) mass is 407 g/mol. The van der Waals surface area contributed by atoms with E-state index < -0.39 is 17.5 Å². The number of nitrogens with one attached hydrogen (secondary N) is 2. The SMILES string of the molecule is Cc1nc(NC2CC(Oc3ccc(F)c(F)c3F)C2)nc2c1NC(=O)[C@H](C)N2C. The summed E-state index contributed by atoms with van der Waals surface area (Å²) in [5.41, 5.74) is 1.23. The summed E-state index contributed by atoms with van der Waals surface area (Å²) in [6, 6.07) is 1.56. The fourth-order valence-electron chi connectivity index (χ4n) is 3.35. The van der Waals surface area contributed by atoms with E-state index in [1.165, 1.54) is 0 Å². The van der Waals surface area contributed by atoms with E-state index in [2.05, 4.69) is 20.6 Å². The van der Waals surface area contributed by atoms with Gasteiger partial charge < -0.3 is 20.3 Å². The molecule has 0 spiro atoms. The summed E-state index contributed by atoms with van der Waals surface area (Å²) >= 11 is 0. The van der Waals surface area contributed by atoms with Gasteiger partial charge in [-0.25, -0.2) is 13.8 Å². The molecule has 29 heavy (non-hydrogen) atoms. The lowest BCUT2D eigenvalue weighted by atomic mass is 9.89. The van der Waals surface area contributed by atoms with Gasteiger partial charge in [-0.3, -0.25) is 4.79 Å². The molecule has 0 bridgehead atoms. The lowest BCUT2D eigenvalue weighted by Crippen LogP contribution is -2.45. The Hall–Kier alpha value is -3.04. The molecule has 1 aromatic carbocycles. The van der Waals surface area contributed by atoms with Gasteiger partial charge in [0.1, 0.15) is 17.8 Å². The molecule has 7 nitrogen and oxygen atoms in total. The Balaban J connectivity index is 1.41. The van der Waals surface area contributed by atoms with Crippen LogP contribution in [0.1, 0.15) is 25.5 Å². The number of nitrogens with zero attached hydrogens (tertiary/aromatic N) is 3. The number of hydrogen-bond acceptors (Lipinski definition) is 6. The van der Waals surface area contributed by atoms with Crippen LogP contribution in [0.3, 0.4) is 0 Å². The summed E-state index contributed by atoms with van der Waals surface area (Å²) < 4.78 is 45.4. The van der Waals surface area contributed by atoms with Crippen molar-refractivity contribution in [2.75, 3.05) is 22.6 Å². The number of anilines is 3. The van der Waals surface area contributed by atoms with Crippen molar-refractivity contribution in [1.29, 1.82) is 0 Å². The highest BCUT2D eigenvalue weighted by Gasteiger charge is 2.34. The van der Waals surface area contributed by atoms with Crippen LogP contribution < -0.4 is 20.3 Å². The van der Waals surface area contributed by atoms with E-state index in [-0.39, 0.29) is 29.8 Å². The zero-order chi connectivity index (χ0) is 20.9. The van der Waals surface area contributed by atoms with Gasteiger partial charge in [0.25, 0.3) is 0 Å². The van der Waals surface area contributed by atoms with E-state index in [9.17, 15) is 18.0 Å². The quantitative estimate of drug-likeness (QED) is 0.759. The summed E-state index contributed by atoms with van der Waals surface area (Å²) in [4.78, 5) is 22.7. The number of carbonyl (C=O) groups is 1. The molecule has 1 aromatic heterocycles. The number of halogens is 3. The molecule has 2 aromatic rings. The molecular formula is C19H20F3N5O2. The topological polar surface area (TPSA) is 79.4 Å². The second kappa shape index (κ2) is 7.09. The molecule has 0 unspecified atom stereocenters. The highest BCUT2D eigenvalue weighted by atomic mass is 19.2. The molecule has 1 amide bonds. The van der Waals surface area contributed by atoms with Crippen LogP contribution in [0.4, 0.5) is 30.6 Å². The van der Waals surface area contributed by atoms with Gasteiger partial charge in [0.2, 0.25) is 17.7 Å². The fraction of sp³-hybridized carbons (Fsp3) is 0.421. The Kier molecular flexibility index (Phi) is 4.71. The number of fused-ring (bicyclic) bond motifs is 1. The Morgan fingerprint density at radius 3 is 2.66 bits per heavy atom. The molecule has 2 heterocycles. The summed E-state index contributed by atoms with van der Waals surface area (Å²) in [5.74, 6) is -3.50. The molecule has 2 N–H and O–H groups in total. The Morgan fingerprint density at radius 2 is 1.93 bits per heavy atom. The number of hydrogen-bond donors (Lipinski definition) is 2. The first-order valence-electron chi connectivity index (χ1n) is 9.23. The molecule has 0 radical (unpaired) electrons. The number of benzene rings is 1. The van der Waals surface area contributed by atoms with Crippen LogP contribution in [0.2, 0.25) is 0 Å². The maximum Gasteiger partial charge on any atom is 0.246 e. The summed E-state index contributed by atoms with van der Waals surface area (Å²) in [6.07, 6.45) is 0.731. The average Bonchev–Trinajstić information content (AvgIpc) is 2.65. The third kappa shape index (κ3) is 3.43. The number of carbonyl (C=O) groups excluding carboxylic acids is 1. The van der Waals surface area contributed by atoms with Crippen molar-refractivity contribution in [3.05, 3.63) is 35.3 Å². The minimum Gasteiger partial charge on any atom is -0.487 e. The first-order chi connectivity index (χ1) is 13.7. The number of ether oxygens (including phenoxy) is 1. The van der Waals surface area contributed by atoms with Crippen LogP contribution in [-0.2, 0) is 4.79 Å². The molecule has 4 rings (SSSR count). The van der Waals surface area contributed by atoms with Gasteiger partial charge in [0, 0.05) is 25.9 Å². The van der Waals surface area contributed by atoms with Crippen LogP contribution >= 0.6 is 0 Å². The first kappa shape index (κ1) is 19.3. The van der Waals surface area contributed by atoms with Gasteiger partial charge >= 0.3 is 0 Å². The third-order valence-electron chi connectivity index (χ3n) is 5.33. The highest BCUT2D eigenvalue weighted by molar-refractivity contribution is 6.03. The van der Waals surface area contributed by atoms with Crippen molar-refractivity contribution >= 4 is 23.4 Å². The smallest absolute Gasteiger partial charge is 0.246 e. The molecule has 1 atom stereocenters. The van der Waals surface area contributed by atoms with E-state index in [4.69, 9.17) is 4.74 Å². The maximum absolute atomic E-state index is 13.7. The lowest BCUT2D eigenvalue weighted by molar-refractivity contribution is -0.117. The molecule has 1 aliphatic heterocycles.